The van der Waals surface area contributed by atoms with Crippen LogP contribution in [-0.2, 0) is 16.0 Å². The minimum absolute atomic E-state index is 0.0320. The fourth-order valence-electron chi connectivity index (χ4n) is 2.17. The highest BCUT2D eigenvalue weighted by atomic mass is 32.2. The van der Waals surface area contributed by atoms with Gasteiger partial charge in [0.25, 0.3) is 0 Å². The van der Waals surface area contributed by atoms with Gasteiger partial charge in [0.1, 0.15) is 6.04 Å². The Kier molecular flexibility index (Phi) is 4.42. The third kappa shape index (κ3) is 3.07. The first-order chi connectivity index (χ1) is 9.13. The van der Waals surface area contributed by atoms with Crippen molar-refractivity contribution in [3.05, 3.63) is 30.1 Å². The third-order valence-corrected chi connectivity index (χ3v) is 4.57. The summed E-state index contributed by atoms with van der Waals surface area (Å²) < 4.78 is 0. The molecule has 2 heterocycles. The summed E-state index contributed by atoms with van der Waals surface area (Å²) in [5.74, 6) is -0.586. The Balaban J connectivity index is 2.13. The highest BCUT2D eigenvalue weighted by molar-refractivity contribution is 8.00. The number of amides is 1. The topological polar surface area (TPSA) is 70.5 Å². The smallest absolute Gasteiger partial charge is 0.327 e. The molecule has 0 spiro atoms. The lowest BCUT2D eigenvalue weighted by Crippen LogP contribution is -2.46. The molecule has 19 heavy (non-hydrogen) atoms. The van der Waals surface area contributed by atoms with Crippen LogP contribution in [0.2, 0.25) is 0 Å². The first-order valence-electron chi connectivity index (χ1n) is 6.18. The molecule has 0 saturated carbocycles. The molecule has 0 radical (unpaired) electrons. The number of pyridine rings is 1. The molecule has 1 saturated heterocycles. The van der Waals surface area contributed by atoms with Gasteiger partial charge in [-0.15, -0.1) is 11.8 Å². The van der Waals surface area contributed by atoms with Crippen LogP contribution >= 0.6 is 11.8 Å². The second-order valence-corrected chi connectivity index (χ2v) is 5.59. The van der Waals surface area contributed by atoms with E-state index in [4.69, 9.17) is 0 Å². The monoisotopic (exact) mass is 280 g/mol. The molecule has 2 rings (SSSR count). The maximum Gasteiger partial charge on any atom is 0.327 e. The van der Waals surface area contributed by atoms with Crippen molar-refractivity contribution in [3.8, 4) is 0 Å². The molecule has 6 heteroatoms. The van der Waals surface area contributed by atoms with Gasteiger partial charge in [0.05, 0.1) is 11.8 Å². The Morgan fingerprint density at radius 1 is 1.47 bits per heavy atom. The van der Waals surface area contributed by atoms with E-state index in [0.717, 1.165) is 12.0 Å². The van der Waals surface area contributed by atoms with Crippen LogP contribution < -0.4 is 0 Å². The summed E-state index contributed by atoms with van der Waals surface area (Å²) in [6.07, 6.45) is 4.25. The molecule has 2 unspecified atom stereocenters. The SMILES string of the molecule is CCC1SCC(C(=O)O)N1C(=O)Cc1ccncc1. The zero-order chi connectivity index (χ0) is 13.8. The number of thioether (sulfide) groups is 1. The quantitative estimate of drug-likeness (QED) is 0.902. The Morgan fingerprint density at radius 2 is 2.16 bits per heavy atom. The van der Waals surface area contributed by atoms with Crippen molar-refractivity contribution in [2.45, 2.75) is 31.2 Å². The number of nitrogens with zero attached hydrogens (tertiary/aromatic N) is 2. The Bertz CT molecular complexity index is 466. The first kappa shape index (κ1) is 13.9. The van der Waals surface area contributed by atoms with Crippen LogP contribution in [0.4, 0.5) is 0 Å². The predicted molar refractivity (Wildman–Crippen MR) is 72.7 cm³/mol. The summed E-state index contributed by atoms with van der Waals surface area (Å²) in [4.78, 5) is 29.0. The number of hydrogen-bond donors (Lipinski definition) is 1. The van der Waals surface area contributed by atoms with Gasteiger partial charge in [0.2, 0.25) is 5.91 Å². The van der Waals surface area contributed by atoms with Crippen LogP contribution in [0.25, 0.3) is 0 Å². The lowest BCUT2D eigenvalue weighted by Gasteiger charge is -2.26. The summed E-state index contributed by atoms with van der Waals surface area (Å²) in [5.41, 5.74) is 0.857. The lowest BCUT2D eigenvalue weighted by molar-refractivity contribution is -0.148. The fraction of sp³-hybridized carbons (Fsp3) is 0.462. The van der Waals surface area contributed by atoms with Gasteiger partial charge in [-0.05, 0) is 24.1 Å². The molecule has 5 nitrogen and oxygen atoms in total. The number of carbonyl (C=O) groups excluding carboxylic acids is 1. The van der Waals surface area contributed by atoms with E-state index in [1.165, 1.54) is 16.7 Å². The van der Waals surface area contributed by atoms with Crippen molar-refractivity contribution < 1.29 is 14.7 Å². The van der Waals surface area contributed by atoms with Crippen molar-refractivity contribution in [2.75, 3.05) is 5.75 Å². The number of aliphatic carboxylic acids is 1. The van der Waals surface area contributed by atoms with Crippen LogP contribution in [0, 0.1) is 0 Å². The van der Waals surface area contributed by atoms with Gasteiger partial charge < -0.3 is 10.0 Å². The Labute approximate surface area is 116 Å². The van der Waals surface area contributed by atoms with Gasteiger partial charge in [-0.1, -0.05) is 6.92 Å². The normalized spacial score (nSPS) is 22.5. The van der Waals surface area contributed by atoms with Crippen LogP contribution in [-0.4, -0.2) is 44.0 Å². The van der Waals surface area contributed by atoms with E-state index in [9.17, 15) is 14.7 Å². The highest BCUT2D eigenvalue weighted by Crippen LogP contribution is 2.31. The minimum atomic E-state index is -0.925. The van der Waals surface area contributed by atoms with Crippen LogP contribution in [0.5, 0.6) is 0 Å². The molecule has 0 bridgehead atoms. The third-order valence-electron chi connectivity index (χ3n) is 3.12. The second-order valence-electron chi connectivity index (χ2n) is 4.38. The van der Waals surface area contributed by atoms with Crippen LogP contribution in [0.1, 0.15) is 18.9 Å². The van der Waals surface area contributed by atoms with Crippen molar-refractivity contribution in [1.82, 2.24) is 9.88 Å². The number of carbonyl (C=O) groups is 2. The maximum absolute atomic E-state index is 12.3. The maximum atomic E-state index is 12.3. The summed E-state index contributed by atoms with van der Waals surface area (Å²) in [5, 5.41) is 9.16. The van der Waals surface area contributed by atoms with Gasteiger partial charge in [-0.2, -0.15) is 0 Å². The van der Waals surface area contributed by atoms with Crippen LogP contribution in [0.15, 0.2) is 24.5 Å². The molecule has 1 aliphatic heterocycles. The van der Waals surface area contributed by atoms with E-state index < -0.39 is 12.0 Å². The first-order valence-corrected chi connectivity index (χ1v) is 7.22. The Hall–Kier alpha value is -1.56. The molecule has 1 N–H and O–H groups in total. The standard InChI is InChI=1S/C13H16N2O3S/c1-2-12-15(10(8-19-12)13(17)18)11(16)7-9-3-5-14-6-4-9/h3-6,10,12H,2,7-8H2,1H3,(H,17,18). The number of rotatable bonds is 4. The lowest BCUT2D eigenvalue weighted by atomic mass is 10.1. The van der Waals surface area contributed by atoms with E-state index in [2.05, 4.69) is 4.98 Å². The van der Waals surface area contributed by atoms with Crippen molar-refractivity contribution in [2.24, 2.45) is 0 Å². The molecule has 1 aromatic heterocycles. The predicted octanol–water partition coefficient (Wildman–Crippen LogP) is 1.39. The van der Waals surface area contributed by atoms with E-state index in [1.54, 1.807) is 24.5 Å². The van der Waals surface area contributed by atoms with E-state index in [-0.39, 0.29) is 17.7 Å². The van der Waals surface area contributed by atoms with E-state index in [0.29, 0.717) is 5.75 Å². The summed E-state index contributed by atoms with van der Waals surface area (Å²) >= 11 is 1.54. The average Bonchev–Trinajstić information content (AvgIpc) is 2.83. The number of carboxylic acids is 1. The fourth-order valence-corrected chi connectivity index (χ4v) is 3.54. The van der Waals surface area contributed by atoms with Crippen molar-refractivity contribution >= 4 is 23.6 Å². The van der Waals surface area contributed by atoms with Crippen LogP contribution in [0.3, 0.4) is 0 Å². The summed E-state index contributed by atoms with van der Waals surface area (Å²) in [6, 6.07) is 2.85. The second kappa shape index (κ2) is 6.06. The van der Waals surface area contributed by atoms with E-state index in [1.807, 2.05) is 6.92 Å². The minimum Gasteiger partial charge on any atom is -0.480 e. The highest BCUT2D eigenvalue weighted by Gasteiger charge is 2.40. The van der Waals surface area contributed by atoms with Gasteiger partial charge in [0.15, 0.2) is 0 Å². The zero-order valence-electron chi connectivity index (χ0n) is 10.7. The molecule has 0 aromatic carbocycles. The number of carboxylic acid groups (broad SMARTS) is 1. The number of aromatic nitrogens is 1. The summed E-state index contributed by atoms with van der Waals surface area (Å²) in [7, 11) is 0. The molecular weight excluding hydrogens is 264 g/mol. The van der Waals surface area contributed by atoms with Crippen molar-refractivity contribution in [3.63, 3.8) is 0 Å². The summed E-state index contributed by atoms with van der Waals surface area (Å²) in [6.45, 7) is 1.97. The van der Waals surface area contributed by atoms with Gasteiger partial charge in [0, 0.05) is 18.1 Å². The molecule has 1 fully saturated rings. The zero-order valence-corrected chi connectivity index (χ0v) is 11.5. The molecule has 2 atom stereocenters. The van der Waals surface area contributed by atoms with Gasteiger partial charge in [-0.3, -0.25) is 9.78 Å². The largest absolute Gasteiger partial charge is 0.480 e. The molecular formula is C13H16N2O3S. The van der Waals surface area contributed by atoms with Gasteiger partial charge >= 0.3 is 5.97 Å². The molecule has 1 aliphatic rings. The molecule has 1 aromatic rings. The molecule has 0 aliphatic carbocycles. The Morgan fingerprint density at radius 3 is 2.74 bits per heavy atom. The van der Waals surface area contributed by atoms with E-state index >= 15 is 0 Å². The molecule has 1 amide bonds. The number of hydrogen-bond acceptors (Lipinski definition) is 4. The average molecular weight is 280 g/mol. The molecule has 102 valence electrons. The van der Waals surface area contributed by atoms with Crippen molar-refractivity contribution in [1.29, 1.82) is 0 Å². The van der Waals surface area contributed by atoms with Gasteiger partial charge in [-0.25, -0.2) is 4.79 Å².